The first kappa shape index (κ1) is 14.8. The number of rotatable bonds is 6. The van der Waals surface area contributed by atoms with E-state index < -0.39 is 4.92 Å². The average molecular weight is 289 g/mol. The smallest absolute Gasteiger partial charge is 0.273 e. The van der Waals surface area contributed by atoms with E-state index in [1.165, 1.54) is 24.3 Å². The number of halogens is 1. The molecule has 110 valence electrons. The van der Waals surface area contributed by atoms with Crippen LogP contribution >= 0.6 is 0 Å². The van der Waals surface area contributed by atoms with Crippen LogP contribution in [0.25, 0.3) is 0 Å². The molecule has 0 fully saturated rings. The molecule has 0 atom stereocenters. The van der Waals surface area contributed by atoms with E-state index in [0.29, 0.717) is 24.5 Å². The number of non-ortho nitro benzene ring substituents is 1. The third-order valence-electron chi connectivity index (χ3n) is 2.92. The van der Waals surface area contributed by atoms with Gasteiger partial charge in [0, 0.05) is 36.6 Å². The lowest BCUT2D eigenvalue weighted by Crippen LogP contribution is -2.03. The Bertz CT molecular complexity index is 629. The molecule has 0 aliphatic rings. The number of nitro benzene ring substituents is 1. The molecule has 0 aliphatic heterocycles. The van der Waals surface area contributed by atoms with Gasteiger partial charge in [0.2, 0.25) is 0 Å². The molecule has 0 amide bonds. The molecule has 0 aromatic heterocycles. The maximum Gasteiger partial charge on any atom is 0.273 e. The molecule has 0 saturated carbocycles. The average Bonchev–Trinajstić information content (AvgIpc) is 2.47. The molecular formula is C15H16FN3O2. The van der Waals surface area contributed by atoms with Crippen LogP contribution in [-0.2, 0) is 6.54 Å². The number of nitrogens with zero attached hydrogens (tertiary/aromatic N) is 1. The van der Waals surface area contributed by atoms with Gasteiger partial charge in [0.1, 0.15) is 5.82 Å². The van der Waals surface area contributed by atoms with Crippen LogP contribution in [0.15, 0.2) is 42.5 Å². The summed E-state index contributed by atoms with van der Waals surface area (Å²) in [5.74, 6) is -0.288. The fourth-order valence-corrected chi connectivity index (χ4v) is 1.93. The highest BCUT2D eigenvalue weighted by atomic mass is 19.1. The molecule has 0 bridgehead atoms. The van der Waals surface area contributed by atoms with Crippen molar-refractivity contribution < 1.29 is 9.31 Å². The van der Waals surface area contributed by atoms with Gasteiger partial charge in [-0.1, -0.05) is 12.1 Å². The van der Waals surface area contributed by atoms with Crippen molar-refractivity contribution in [3.8, 4) is 0 Å². The molecule has 21 heavy (non-hydrogen) atoms. The molecule has 0 aliphatic carbocycles. The number of nitrogens with one attached hydrogen (secondary N) is 2. The third-order valence-corrected chi connectivity index (χ3v) is 2.92. The zero-order chi connectivity index (χ0) is 15.2. The molecule has 2 aromatic rings. The maximum atomic E-state index is 12.8. The Labute approximate surface area is 122 Å². The third kappa shape index (κ3) is 4.17. The van der Waals surface area contributed by atoms with Crippen LogP contribution in [0, 0.1) is 15.9 Å². The van der Waals surface area contributed by atoms with Gasteiger partial charge in [-0.05, 0) is 30.7 Å². The van der Waals surface area contributed by atoms with Gasteiger partial charge in [-0.15, -0.1) is 0 Å². The molecule has 6 heteroatoms. The Hall–Kier alpha value is -2.63. The van der Waals surface area contributed by atoms with E-state index in [2.05, 4.69) is 10.6 Å². The first-order valence-corrected chi connectivity index (χ1v) is 6.60. The summed E-state index contributed by atoms with van der Waals surface area (Å²) in [6.45, 7) is 3.07. The fraction of sp³-hybridized carbons (Fsp3) is 0.200. The normalized spacial score (nSPS) is 10.2. The Morgan fingerprint density at radius 3 is 2.29 bits per heavy atom. The van der Waals surface area contributed by atoms with Gasteiger partial charge in [0.05, 0.1) is 4.92 Å². The van der Waals surface area contributed by atoms with Gasteiger partial charge in [-0.3, -0.25) is 10.1 Å². The van der Waals surface area contributed by atoms with Crippen molar-refractivity contribution in [2.75, 3.05) is 17.2 Å². The van der Waals surface area contributed by atoms with Crippen LogP contribution in [0.4, 0.5) is 21.5 Å². The zero-order valence-corrected chi connectivity index (χ0v) is 11.6. The quantitative estimate of drug-likeness (QED) is 0.627. The second-order valence-corrected chi connectivity index (χ2v) is 4.54. The molecule has 0 radical (unpaired) electrons. The van der Waals surface area contributed by atoms with Crippen molar-refractivity contribution in [2.24, 2.45) is 0 Å². The van der Waals surface area contributed by atoms with E-state index in [4.69, 9.17) is 0 Å². The minimum absolute atomic E-state index is 0.0232. The lowest BCUT2D eigenvalue weighted by molar-refractivity contribution is -0.384. The maximum absolute atomic E-state index is 12.8. The van der Waals surface area contributed by atoms with Crippen molar-refractivity contribution >= 4 is 17.1 Å². The fourth-order valence-electron chi connectivity index (χ4n) is 1.93. The molecule has 5 nitrogen and oxygen atoms in total. The monoisotopic (exact) mass is 289 g/mol. The predicted octanol–water partition coefficient (Wildman–Crippen LogP) is 3.78. The summed E-state index contributed by atoms with van der Waals surface area (Å²) < 4.78 is 12.8. The van der Waals surface area contributed by atoms with Crippen molar-refractivity contribution in [3.63, 3.8) is 0 Å². The first-order chi connectivity index (χ1) is 10.1. The minimum atomic E-state index is -0.427. The number of hydrogen-bond donors (Lipinski definition) is 2. The summed E-state index contributed by atoms with van der Waals surface area (Å²) >= 11 is 0. The number of benzene rings is 2. The number of hydrogen-bond acceptors (Lipinski definition) is 4. The van der Waals surface area contributed by atoms with Crippen LogP contribution in [0.2, 0.25) is 0 Å². The largest absolute Gasteiger partial charge is 0.385 e. The lowest BCUT2D eigenvalue weighted by atomic mass is 10.2. The van der Waals surface area contributed by atoms with Crippen LogP contribution < -0.4 is 10.6 Å². The Kier molecular flexibility index (Phi) is 4.71. The van der Waals surface area contributed by atoms with E-state index in [0.717, 1.165) is 5.56 Å². The van der Waals surface area contributed by atoms with E-state index in [1.54, 1.807) is 18.2 Å². The van der Waals surface area contributed by atoms with E-state index >= 15 is 0 Å². The second-order valence-electron chi connectivity index (χ2n) is 4.54. The van der Waals surface area contributed by atoms with Gasteiger partial charge >= 0.3 is 0 Å². The van der Waals surface area contributed by atoms with Crippen LogP contribution in [0.5, 0.6) is 0 Å². The van der Waals surface area contributed by atoms with Gasteiger partial charge in [-0.25, -0.2) is 4.39 Å². The molecule has 2 aromatic carbocycles. The number of nitro groups is 1. The Balaban J connectivity index is 2.14. The summed E-state index contributed by atoms with van der Waals surface area (Å²) in [5, 5.41) is 17.1. The Morgan fingerprint density at radius 2 is 1.71 bits per heavy atom. The van der Waals surface area contributed by atoms with Crippen molar-refractivity contribution in [3.05, 3.63) is 64.0 Å². The van der Waals surface area contributed by atoms with Crippen molar-refractivity contribution in [1.29, 1.82) is 0 Å². The summed E-state index contributed by atoms with van der Waals surface area (Å²) in [4.78, 5) is 10.5. The summed E-state index contributed by atoms with van der Waals surface area (Å²) in [7, 11) is 0. The van der Waals surface area contributed by atoms with Gasteiger partial charge in [0.15, 0.2) is 0 Å². The highest BCUT2D eigenvalue weighted by molar-refractivity contribution is 5.63. The van der Waals surface area contributed by atoms with E-state index in [-0.39, 0.29) is 11.5 Å². The van der Waals surface area contributed by atoms with Gasteiger partial charge < -0.3 is 10.6 Å². The van der Waals surface area contributed by atoms with E-state index in [9.17, 15) is 14.5 Å². The zero-order valence-electron chi connectivity index (χ0n) is 11.6. The first-order valence-electron chi connectivity index (χ1n) is 6.60. The minimum Gasteiger partial charge on any atom is -0.385 e. The summed E-state index contributed by atoms with van der Waals surface area (Å²) in [6.07, 6.45) is 0. The molecule has 0 unspecified atom stereocenters. The predicted molar refractivity (Wildman–Crippen MR) is 81.0 cm³/mol. The van der Waals surface area contributed by atoms with Crippen LogP contribution in [0.3, 0.4) is 0 Å². The molecule has 0 heterocycles. The molecule has 2 rings (SSSR count). The highest BCUT2D eigenvalue weighted by Crippen LogP contribution is 2.24. The topological polar surface area (TPSA) is 67.2 Å². The second kappa shape index (κ2) is 6.69. The number of anilines is 2. The SMILES string of the molecule is CCNc1cc(NCc2ccc(F)cc2)cc([N+](=O)[O-])c1. The van der Waals surface area contributed by atoms with E-state index in [1.807, 2.05) is 6.92 Å². The van der Waals surface area contributed by atoms with Crippen molar-refractivity contribution in [2.45, 2.75) is 13.5 Å². The standard InChI is InChI=1S/C15H16FN3O2/c1-2-17-13-7-14(9-15(8-13)19(20)21)18-10-11-3-5-12(16)6-4-11/h3-9,17-18H,2,10H2,1H3. The lowest BCUT2D eigenvalue weighted by Gasteiger charge is -2.10. The molecule has 2 N–H and O–H groups in total. The summed E-state index contributed by atoms with van der Waals surface area (Å²) in [5.41, 5.74) is 2.25. The summed E-state index contributed by atoms with van der Waals surface area (Å²) in [6, 6.07) is 10.9. The van der Waals surface area contributed by atoms with Crippen LogP contribution in [0.1, 0.15) is 12.5 Å². The molecular weight excluding hydrogens is 273 g/mol. The van der Waals surface area contributed by atoms with Gasteiger partial charge in [-0.2, -0.15) is 0 Å². The van der Waals surface area contributed by atoms with Gasteiger partial charge in [0.25, 0.3) is 5.69 Å². The van der Waals surface area contributed by atoms with Crippen molar-refractivity contribution in [1.82, 2.24) is 0 Å². The van der Waals surface area contributed by atoms with Crippen LogP contribution in [-0.4, -0.2) is 11.5 Å². The Morgan fingerprint density at radius 1 is 1.10 bits per heavy atom. The molecule has 0 spiro atoms. The highest BCUT2D eigenvalue weighted by Gasteiger charge is 2.09. The molecule has 0 saturated heterocycles.